The highest BCUT2D eigenvalue weighted by molar-refractivity contribution is 5.76. The summed E-state index contributed by atoms with van der Waals surface area (Å²) in [4.78, 5) is 12.0. The van der Waals surface area contributed by atoms with E-state index in [1.807, 2.05) is 0 Å². The van der Waals surface area contributed by atoms with Crippen molar-refractivity contribution < 1.29 is 18.7 Å². The average Bonchev–Trinajstić information content (AvgIpc) is 2.50. The van der Waals surface area contributed by atoms with E-state index in [0.717, 1.165) is 25.0 Å². The van der Waals surface area contributed by atoms with Gasteiger partial charge in [-0.15, -0.1) is 0 Å². The number of benzene rings is 1. The normalized spacial score (nSPS) is 18.7. The maximum atomic E-state index is 13.2. The van der Waals surface area contributed by atoms with Gasteiger partial charge in [-0.1, -0.05) is 25.3 Å². The van der Waals surface area contributed by atoms with E-state index in [0.29, 0.717) is 12.3 Å². The van der Waals surface area contributed by atoms with Gasteiger partial charge in [-0.2, -0.15) is 0 Å². The number of halogens is 2. The maximum absolute atomic E-state index is 13.2. The predicted molar refractivity (Wildman–Crippen MR) is 80.1 cm³/mol. The molecule has 0 heterocycles. The Kier molecular flexibility index (Phi) is 5.89. The van der Waals surface area contributed by atoms with Gasteiger partial charge in [-0.25, -0.2) is 8.78 Å². The fourth-order valence-corrected chi connectivity index (χ4v) is 3.03. The highest BCUT2D eigenvalue weighted by Gasteiger charge is 2.22. The highest BCUT2D eigenvalue weighted by Crippen LogP contribution is 2.26. The summed E-state index contributed by atoms with van der Waals surface area (Å²) in [5.41, 5.74) is 0.254. The molecule has 0 aliphatic heterocycles. The van der Waals surface area contributed by atoms with Crippen molar-refractivity contribution in [2.45, 2.75) is 57.6 Å². The van der Waals surface area contributed by atoms with Crippen molar-refractivity contribution in [2.24, 2.45) is 5.92 Å². The molecule has 5 heteroatoms. The molecule has 1 aromatic carbocycles. The molecule has 1 amide bonds. The molecule has 0 aromatic heterocycles. The smallest absolute Gasteiger partial charge is 0.220 e. The van der Waals surface area contributed by atoms with E-state index < -0.39 is 23.8 Å². The molecule has 1 aliphatic rings. The summed E-state index contributed by atoms with van der Waals surface area (Å²) in [6.07, 6.45) is 5.14. The zero-order valence-corrected chi connectivity index (χ0v) is 12.8. The van der Waals surface area contributed by atoms with E-state index in [1.165, 1.54) is 25.3 Å². The van der Waals surface area contributed by atoms with Crippen LogP contribution >= 0.6 is 0 Å². The highest BCUT2D eigenvalue weighted by atomic mass is 19.2. The first-order valence-electron chi connectivity index (χ1n) is 7.89. The summed E-state index contributed by atoms with van der Waals surface area (Å²) in [5.74, 6) is -1.63. The van der Waals surface area contributed by atoms with Gasteiger partial charge in [0.05, 0.1) is 12.1 Å². The molecular formula is C17H23F2NO2. The molecule has 2 rings (SSSR count). The summed E-state index contributed by atoms with van der Waals surface area (Å²) < 4.78 is 26.1. The van der Waals surface area contributed by atoms with Crippen LogP contribution in [0.15, 0.2) is 18.2 Å². The number of hydrogen-bond donors (Lipinski definition) is 2. The minimum absolute atomic E-state index is 0.0963. The molecule has 0 bridgehead atoms. The second-order valence-electron chi connectivity index (χ2n) is 6.18. The standard InChI is InChI=1S/C17H23F2NO2/c1-11(17(22)13-7-8-14(18)15(19)10-13)20-16(21)9-12-5-3-2-4-6-12/h7-8,10-12,17,22H,2-6,9H2,1H3,(H,20,21). The van der Waals surface area contributed by atoms with Crippen molar-refractivity contribution in [3.8, 4) is 0 Å². The van der Waals surface area contributed by atoms with Crippen molar-refractivity contribution in [2.75, 3.05) is 0 Å². The Balaban J connectivity index is 1.88. The second kappa shape index (κ2) is 7.68. The van der Waals surface area contributed by atoms with Gasteiger partial charge in [0.1, 0.15) is 0 Å². The van der Waals surface area contributed by atoms with E-state index in [-0.39, 0.29) is 11.5 Å². The number of hydrogen-bond acceptors (Lipinski definition) is 2. The minimum Gasteiger partial charge on any atom is -0.386 e. The lowest BCUT2D eigenvalue weighted by molar-refractivity contribution is -0.123. The van der Waals surface area contributed by atoms with Gasteiger partial charge in [0.15, 0.2) is 11.6 Å². The van der Waals surface area contributed by atoms with Crippen LogP contribution in [0.3, 0.4) is 0 Å². The van der Waals surface area contributed by atoms with Gasteiger partial charge in [0.2, 0.25) is 5.91 Å². The van der Waals surface area contributed by atoms with Crippen LogP contribution in [-0.2, 0) is 4.79 Å². The molecular weight excluding hydrogens is 288 g/mol. The quantitative estimate of drug-likeness (QED) is 0.875. The fraction of sp³-hybridized carbons (Fsp3) is 0.588. The summed E-state index contributed by atoms with van der Waals surface area (Å²) in [6.45, 7) is 1.66. The van der Waals surface area contributed by atoms with E-state index in [2.05, 4.69) is 5.32 Å². The molecule has 0 saturated heterocycles. The molecule has 1 saturated carbocycles. The third-order valence-electron chi connectivity index (χ3n) is 4.35. The Labute approximate surface area is 129 Å². The molecule has 2 N–H and O–H groups in total. The fourth-order valence-electron chi connectivity index (χ4n) is 3.03. The van der Waals surface area contributed by atoms with Crippen LogP contribution in [0.4, 0.5) is 8.78 Å². The number of aliphatic hydroxyl groups is 1. The SMILES string of the molecule is CC(NC(=O)CC1CCCCC1)C(O)c1ccc(F)c(F)c1. The van der Waals surface area contributed by atoms with Crippen LogP contribution in [-0.4, -0.2) is 17.1 Å². The zero-order chi connectivity index (χ0) is 16.1. The topological polar surface area (TPSA) is 49.3 Å². The number of nitrogens with one attached hydrogen (secondary N) is 1. The van der Waals surface area contributed by atoms with Crippen molar-refractivity contribution >= 4 is 5.91 Å². The molecule has 2 atom stereocenters. The van der Waals surface area contributed by atoms with Gasteiger partial charge < -0.3 is 10.4 Å². The van der Waals surface area contributed by atoms with Gasteiger partial charge >= 0.3 is 0 Å². The lowest BCUT2D eigenvalue weighted by Gasteiger charge is -2.24. The van der Waals surface area contributed by atoms with Crippen molar-refractivity contribution in [1.82, 2.24) is 5.32 Å². The van der Waals surface area contributed by atoms with Crippen LogP contribution in [0.5, 0.6) is 0 Å². The third-order valence-corrected chi connectivity index (χ3v) is 4.35. The summed E-state index contributed by atoms with van der Waals surface area (Å²) >= 11 is 0. The van der Waals surface area contributed by atoms with Gasteiger partial charge in [-0.05, 0) is 43.4 Å². The van der Waals surface area contributed by atoms with E-state index in [9.17, 15) is 18.7 Å². The second-order valence-corrected chi connectivity index (χ2v) is 6.18. The van der Waals surface area contributed by atoms with Crippen molar-refractivity contribution in [3.05, 3.63) is 35.4 Å². The number of rotatable bonds is 5. The monoisotopic (exact) mass is 311 g/mol. The molecule has 0 spiro atoms. The van der Waals surface area contributed by atoms with Gasteiger partial charge in [-0.3, -0.25) is 4.79 Å². The molecule has 3 nitrogen and oxygen atoms in total. The molecule has 1 aromatic rings. The van der Waals surface area contributed by atoms with Gasteiger partial charge in [0.25, 0.3) is 0 Å². The lowest BCUT2D eigenvalue weighted by Crippen LogP contribution is -2.38. The van der Waals surface area contributed by atoms with E-state index in [4.69, 9.17) is 0 Å². The molecule has 0 radical (unpaired) electrons. The predicted octanol–water partition coefficient (Wildman–Crippen LogP) is 3.47. The van der Waals surface area contributed by atoms with Crippen LogP contribution in [0.2, 0.25) is 0 Å². The molecule has 1 aliphatic carbocycles. The Morgan fingerprint density at radius 3 is 2.59 bits per heavy atom. The molecule has 122 valence electrons. The number of amides is 1. The summed E-state index contributed by atoms with van der Waals surface area (Å²) in [7, 11) is 0. The van der Waals surface area contributed by atoms with Crippen molar-refractivity contribution in [3.63, 3.8) is 0 Å². The molecule has 22 heavy (non-hydrogen) atoms. The maximum Gasteiger partial charge on any atom is 0.220 e. The van der Waals surface area contributed by atoms with Crippen LogP contribution in [0.25, 0.3) is 0 Å². The Morgan fingerprint density at radius 2 is 1.95 bits per heavy atom. The third kappa shape index (κ3) is 4.50. The van der Waals surface area contributed by atoms with Crippen LogP contribution in [0.1, 0.15) is 57.1 Å². The first-order valence-corrected chi connectivity index (χ1v) is 7.89. The zero-order valence-electron chi connectivity index (χ0n) is 12.8. The Hall–Kier alpha value is -1.49. The Bertz CT molecular complexity index is 515. The number of aliphatic hydroxyl groups excluding tert-OH is 1. The number of carbonyl (C=O) groups is 1. The lowest BCUT2D eigenvalue weighted by atomic mass is 9.87. The first-order chi connectivity index (χ1) is 10.5. The largest absolute Gasteiger partial charge is 0.386 e. The minimum atomic E-state index is -1.06. The summed E-state index contributed by atoms with van der Waals surface area (Å²) in [5, 5.41) is 12.9. The van der Waals surface area contributed by atoms with Crippen molar-refractivity contribution in [1.29, 1.82) is 0 Å². The van der Waals surface area contributed by atoms with Crippen LogP contribution in [0, 0.1) is 17.6 Å². The summed E-state index contributed by atoms with van der Waals surface area (Å²) in [6, 6.07) is 2.71. The Morgan fingerprint density at radius 1 is 1.27 bits per heavy atom. The first kappa shape index (κ1) is 16.9. The number of carbonyl (C=O) groups excluding carboxylic acids is 1. The van der Waals surface area contributed by atoms with Crippen LogP contribution < -0.4 is 5.32 Å². The van der Waals surface area contributed by atoms with Gasteiger partial charge in [0, 0.05) is 6.42 Å². The van der Waals surface area contributed by atoms with E-state index >= 15 is 0 Å². The molecule has 2 unspecified atom stereocenters. The molecule has 1 fully saturated rings. The average molecular weight is 311 g/mol. The van der Waals surface area contributed by atoms with E-state index in [1.54, 1.807) is 6.92 Å².